The van der Waals surface area contributed by atoms with Gasteiger partial charge in [0.15, 0.2) is 0 Å². The van der Waals surface area contributed by atoms with E-state index in [-0.39, 0.29) is 0 Å². The normalized spacial score (nSPS) is 10.4. The van der Waals surface area contributed by atoms with E-state index in [1.807, 2.05) is 48.7 Å². The van der Waals surface area contributed by atoms with E-state index in [4.69, 9.17) is 0 Å². The highest BCUT2D eigenvalue weighted by Gasteiger charge is 2.01. The van der Waals surface area contributed by atoms with Crippen LogP contribution in [0.15, 0.2) is 60.8 Å². The molecule has 0 atom stereocenters. The number of para-hydroxylation sites is 1. The zero-order valence-corrected chi connectivity index (χ0v) is 9.71. The molecule has 1 aromatic heterocycles. The Kier molecular flexibility index (Phi) is 2.61. The van der Waals surface area contributed by atoms with Gasteiger partial charge < -0.3 is 0 Å². The van der Waals surface area contributed by atoms with Gasteiger partial charge in [-0.15, -0.1) is 0 Å². The van der Waals surface area contributed by atoms with Crippen molar-refractivity contribution in [2.75, 3.05) is 0 Å². The molecule has 0 N–H and O–H groups in total. The molecule has 0 saturated carbocycles. The maximum absolute atomic E-state index is 10.8. The summed E-state index contributed by atoms with van der Waals surface area (Å²) in [4.78, 5) is 15.2. The third-order valence-electron chi connectivity index (χ3n) is 2.95. The molecule has 2 nitrogen and oxygen atoms in total. The van der Waals surface area contributed by atoms with Crippen LogP contribution >= 0.6 is 0 Å². The molecule has 1 heterocycles. The minimum atomic E-state index is 0.681. The molecule has 0 unspecified atom stereocenters. The first-order chi connectivity index (χ1) is 8.86. The number of hydrogen-bond acceptors (Lipinski definition) is 2. The molecule has 18 heavy (non-hydrogen) atoms. The van der Waals surface area contributed by atoms with Crippen molar-refractivity contribution in [1.82, 2.24) is 4.98 Å². The van der Waals surface area contributed by atoms with Gasteiger partial charge in [-0.25, -0.2) is 0 Å². The molecule has 3 aromatic rings. The number of fused-ring (bicyclic) bond motifs is 1. The van der Waals surface area contributed by atoms with Gasteiger partial charge in [0.05, 0.1) is 5.52 Å². The molecule has 0 bridgehead atoms. The van der Waals surface area contributed by atoms with Crippen molar-refractivity contribution >= 4 is 17.2 Å². The summed E-state index contributed by atoms with van der Waals surface area (Å²) in [7, 11) is 0. The zero-order valence-electron chi connectivity index (χ0n) is 9.71. The summed E-state index contributed by atoms with van der Waals surface area (Å²) in [6.07, 6.45) is 2.70. The van der Waals surface area contributed by atoms with Crippen LogP contribution in [-0.2, 0) is 0 Å². The van der Waals surface area contributed by atoms with Crippen LogP contribution in [0.1, 0.15) is 10.4 Å². The second kappa shape index (κ2) is 4.41. The zero-order chi connectivity index (χ0) is 12.4. The largest absolute Gasteiger partial charge is 0.298 e. The SMILES string of the molecule is O=Cc1cccc(-c2cnc3ccccc3c2)c1. The minimum Gasteiger partial charge on any atom is -0.298 e. The van der Waals surface area contributed by atoms with E-state index in [0.29, 0.717) is 5.56 Å². The Hall–Kier alpha value is -2.48. The Balaban J connectivity index is 2.15. The lowest BCUT2D eigenvalue weighted by molar-refractivity contribution is 0.112. The molecule has 2 aromatic carbocycles. The number of rotatable bonds is 2. The molecule has 3 rings (SSSR count). The number of hydrogen-bond donors (Lipinski definition) is 0. The highest BCUT2D eigenvalue weighted by Crippen LogP contribution is 2.23. The van der Waals surface area contributed by atoms with E-state index >= 15 is 0 Å². The maximum atomic E-state index is 10.8. The predicted octanol–water partition coefficient (Wildman–Crippen LogP) is 3.71. The fraction of sp³-hybridized carbons (Fsp3) is 0. The van der Waals surface area contributed by atoms with Gasteiger partial charge in [0, 0.05) is 22.7 Å². The Morgan fingerprint density at radius 2 is 1.78 bits per heavy atom. The second-order valence-corrected chi connectivity index (χ2v) is 4.16. The van der Waals surface area contributed by atoms with E-state index in [1.54, 1.807) is 6.07 Å². The van der Waals surface area contributed by atoms with Crippen molar-refractivity contribution < 1.29 is 4.79 Å². The fourth-order valence-corrected chi connectivity index (χ4v) is 2.02. The first-order valence-electron chi connectivity index (χ1n) is 5.77. The molecule has 0 aliphatic heterocycles. The third kappa shape index (κ3) is 1.89. The number of aldehydes is 1. The Labute approximate surface area is 105 Å². The van der Waals surface area contributed by atoms with Crippen molar-refractivity contribution in [3.05, 3.63) is 66.4 Å². The standard InChI is InChI=1S/C16H11NO/c18-11-12-4-3-6-13(8-12)15-9-14-5-1-2-7-16(14)17-10-15/h1-11H. The summed E-state index contributed by atoms with van der Waals surface area (Å²) in [6.45, 7) is 0. The molecule has 0 fully saturated rings. The number of pyridine rings is 1. The summed E-state index contributed by atoms with van der Waals surface area (Å²) >= 11 is 0. The highest BCUT2D eigenvalue weighted by molar-refractivity contribution is 5.85. The molecule has 0 spiro atoms. The van der Waals surface area contributed by atoms with Crippen LogP contribution < -0.4 is 0 Å². The third-order valence-corrected chi connectivity index (χ3v) is 2.95. The highest BCUT2D eigenvalue weighted by atomic mass is 16.1. The number of benzene rings is 2. The Morgan fingerprint density at radius 3 is 2.67 bits per heavy atom. The summed E-state index contributed by atoms with van der Waals surface area (Å²) in [5.74, 6) is 0. The van der Waals surface area contributed by atoms with Gasteiger partial charge in [-0.3, -0.25) is 9.78 Å². The van der Waals surface area contributed by atoms with Crippen LogP contribution in [0.25, 0.3) is 22.0 Å². The molecular formula is C16H11NO. The monoisotopic (exact) mass is 233 g/mol. The second-order valence-electron chi connectivity index (χ2n) is 4.16. The lowest BCUT2D eigenvalue weighted by atomic mass is 10.0. The summed E-state index contributed by atoms with van der Waals surface area (Å²) in [5, 5.41) is 1.10. The first-order valence-corrected chi connectivity index (χ1v) is 5.77. The molecule has 0 saturated heterocycles. The smallest absolute Gasteiger partial charge is 0.150 e. The molecule has 2 heteroatoms. The quantitative estimate of drug-likeness (QED) is 0.631. The molecular weight excluding hydrogens is 222 g/mol. The average Bonchev–Trinajstić information content (AvgIpc) is 2.47. The van der Waals surface area contributed by atoms with Crippen molar-refractivity contribution in [2.45, 2.75) is 0 Å². The maximum Gasteiger partial charge on any atom is 0.150 e. The van der Waals surface area contributed by atoms with Crippen LogP contribution in [-0.4, -0.2) is 11.3 Å². The molecule has 0 amide bonds. The molecule has 0 aliphatic carbocycles. The lowest BCUT2D eigenvalue weighted by Crippen LogP contribution is -1.85. The van der Waals surface area contributed by atoms with Gasteiger partial charge in [0.25, 0.3) is 0 Å². The number of carbonyl (C=O) groups is 1. The summed E-state index contributed by atoms with van der Waals surface area (Å²) in [5.41, 5.74) is 3.70. The molecule has 0 radical (unpaired) electrons. The van der Waals surface area contributed by atoms with Gasteiger partial charge in [-0.2, -0.15) is 0 Å². The van der Waals surface area contributed by atoms with Crippen LogP contribution in [0, 0.1) is 0 Å². The van der Waals surface area contributed by atoms with E-state index in [0.717, 1.165) is 28.3 Å². The van der Waals surface area contributed by atoms with Gasteiger partial charge in [-0.1, -0.05) is 36.4 Å². The Bertz CT molecular complexity index is 719. The Morgan fingerprint density at radius 1 is 0.889 bits per heavy atom. The number of carbonyl (C=O) groups excluding carboxylic acids is 1. The van der Waals surface area contributed by atoms with E-state index in [2.05, 4.69) is 11.1 Å². The molecule has 0 aliphatic rings. The van der Waals surface area contributed by atoms with Crippen LogP contribution in [0.2, 0.25) is 0 Å². The van der Waals surface area contributed by atoms with Gasteiger partial charge in [-0.05, 0) is 23.8 Å². The number of aromatic nitrogens is 1. The minimum absolute atomic E-state index is 0.681. The van der Waals surface area contributed by atoms with Crippen molar-refractivity contribution in [2.24, 2.45) is 0 Å². The van der Waals surface area contributed by atoms with Crippen molar-refractivity contribution in [3.8, 4) is 11.1 Å². The average molecular weight is 233 g/mol. The predicted molar refractivity (Wildman–Crippen MR) is 72.6 cm³/mol. The fourth-order valence-electron chi connectivity index (χ4n) is 2.02. The first kappa shape index (κ1) is 10.7. The number of nitrogens with zero attached hydrogens (tertiary/aromatic N) is 1. The molecule has 86 valence electrons. The van der Waals surface area contributed by atoms with Gasteiger partial charge >= 0.3 is 0 Å². The van der Waals surface area contributed by atoms with Gasteiger partial charge in [0.2, 0.25) is 0 Å². The summed E-state index contributed by atoms with van der Waals surface area (Å²) in [6, 6.07) is 17.6. The van der Waals surface area contributed by atoms with Crippen molar-refractivity contribution in [3.63, 3.8) is 0 Å². The van der Waals surface area contributed by atoms with Crippen LogP contribution in [0.4, 0.5) is 0 Å². The topological polar surface area (TPSA) is 30.0 Å². The van der Waals surface area contributed by atoms with Crippen molar-refractivity contribution in [1.29, 1.82) is 0 Å². The summed E-state index contributed by atoms with van der Waals surface area (Å²) < 4.78 is 0. The van der Waals surface area contributed by atoms with E-state index in [9.17, 15) is 4.79 Å². The van der Waals surface area contributed by atoms with E-state index < -0.39 is 0 Å². The lowest BCUT2D eigenvalue weighted by Gasteiger charge is -2.04. The van der Waals surface area contributed by atoms with Crippen LogP contribution in [0.3, 0.4) is 0 Å². The van der Waals surface area contributed by atoms with Crippen LogP contribution in [0.5, 0.6) is 0 Å². The van der Waals surface area contributed by atoms with Gasteiger partial charge in [0.1, 0.15) is 6.29 Å². The van der Waals surface area contributed by atoms with E-state index in [1.165, 1.54) is 0 Å².